The molecular formula is C15H18F3N3O3. The number of rotatable bonds is 4. The summed E-state index contributed by atoms with van der Waals surface area (Å²) in [5, 5.41) is 14.1. The molecule has 132 valence electrons. The number of benzene rings is 1. The smallest absolute Gasteiger partial charge is 0.379 e. The molecule has 1 aliphatic rings. The number of nitro groups is 1. The van der Waals surface area contributed by atoms with Crippen LogP contribution in [0.5, 0.6) is 0 Å². The maximum atomic E-state index is 12.4. The Morgan fingerprint density at radius 3 is 2.54 bits per heavy atom. The summed E-state index contributed by atoms with van der Waals surface area (Å²) in [5.41, 5.74) is 1.13. The average molecular weight is 345 g/mol. The summed E-state index contributed by atoms with van der Waals surface area (Å²) in [6.07, 6.45) is -3.99. The van der Waals surface area contributed by atoms with E-state index in [1.807, 2.05) is 0 Å². The lowest BCUT2D eigenvalue weighted by molar-refractivity contribution is -0.384. The van der Waals surface area contributed by atoms with Crippen LogP contribution in [0.3, 0.4) is 0 Å². The molecule has 1 N–H and O–H groups in total. The first-order valence-electron chi connectivity index (χ1n) is 7.53. The van der Waals surface area contributed by atoms with Gasteiger partial charge in [0, 0.05) is 25.7 Å². The number of piperidine rings is 1. The van der Waals surface area contributed by atoms with Gasteiger partial charge in [0.2, 0.25) is 0 Å². The Hall–Kier alpha value is -2.32. The molecule has 1 amide bonds. The van der Waals surface area contributed by atoms with Crippen LogP contribution in [0.25, 0.3) is 0 Å². The molecule has 0 bridgehead atoms. The molecule has 1 aromatic rings. The average Bonchev–Trinajstić information content (AvgIpc) is 2.52. The highest BCUT2D eigenvalue weighted by atomic mass is 19.4. The number of likely N-dealkylation sites (tertiary alicyclic amines) is 1. The second kappa shape index (κ2) is 7.06. The van der Waals surface area contributed by atoms with E-state index in [9.17, 15) is 28.1 Å². The van der Waals surface area contributed by atoms with Gasteiger partial charge in [0.05, 0.1) is 4.92 Å². The Kier molecular flexibility index (Phi) is 5.30. The first-order chi connectivity index (χ1) is 11.2. The van der Waals surface area contributed by atoms with E-state index in [2.05, 4.69) is 5.32 Å². The van der Waals surface area contributed by atoms with Crippen molar-refractivity contribution in [2.75, 3.05) is 25.0 Å². The molecule has 1 fully saturated rings. The summed E-state index contributed by atoms with van der Waals surface area (Å²) in [6.45, 7) is 2.25. The minimum absolute atomic E-state index is 0.0281. The molecule has 1 aliphatic heterocycles. The van der Waals surface area contributed by atoms with Gasteiger partial charge in [-0.1, -0.05) is 6.07 Å². The van der Waals surface area contributed by atoms with Crippen molar-refractivity contribution in [1.29, 1.82) is 0 Å². The predicted molar refractivity (Wildman–Crippen MR) is 81.7 cm³/mol. The van der Waals surface area contributed by atoms with Gasteiger partial charge < -0.3 is 10.2 Å². The molecule has 0 radical (unpaired) electrons. The van der Waals surface area contributed by atoms with Crippen molar-refractivity contribution in [3.63, 3.8) is 0 Å². The molecule has 0 aromatic heterocycles. The van der Waals surface area contributed by atoms with Gasteiger partial charge in [0.25, 0.3) is 5.69 Å². The predicted octanol–water partition coefficient (Wildman–Crippen LogP) is 3.12. The van der Waals surface area contributed by atoms with Crippen LogP contribution in [0.15, 0.2) is 18.2 Å². The van der Waals surface area contributed by atoms with E-state index in [0.717, 1.165) is 10.5 Å². The van der Waals surface area contributed by atoms with Crippen molar-refractivity contribution in [3.05, 3.63) is 33.9 Å². The molecule has 9 heteroatoms. The van der Waals surface area contributed by atoms with E-state index in [-0.39, 0.29) is 24.7 Å². The van der Waals surface area contributed by atoms with Gasteiger partial charge in [-0.05, 0) is 37.3 Å². The van der Waals surface area contributed by atoms with Crippen molar-refractivity contribution in [3.8, 4) is 0 Å². The van der Waals surface area contributed by atoms with E-state index in [0.29, 0.717) is 25.1 Å². The molecule has 24 heavy (non-hydrogen) atoms. The van der Waals surface area contributed by atoms with Gasteiger partial charge in [0.15, 0.2) is 0 Å². The number of anilines is 1. The van der Waals surface area contributed by atoms with Crippen LogP contribution < -0.4 is 5.32 Å². The van der Waals surface area contributed by atoms with Crippen LogP contribution in [0.4, 0.5) is 24.5 Å². The van der Waals surface area contributed by atoms with Gasteiger partial charge in [-0.3, -0.25) is 14.9 Å². The second-order valence-corrected chi connectivity index (χ2v) is 5.89. The van der Waals surface area contributed by atoms with Gasteiger partial charge in [0.1, 0.15) is 5.69 Å². The normalized spacial score (nSPS) is 16.1. The Bertz CT molecular complexity index is 626. The van der Waals surface area contributed by atoms with Crippen molar-refractivity contribution < 1.29 is 22.9 Å². The monoisotopic (exact) mass is 345 g/mol. The van der Waals surface area contributed by atoms with Gasteiger partial charge >= 0.3 is 12.1 Å². The van der Waals surface area contributed by atoms with E-state index in [1.54, 1.807) is 19.1 Å². The number of carbonyl (C=O) groups is 1. The summed E-state index contributed by atoms with van der Waals surface area (Å²) in [7, 11) is 0. The largest absolute Gasteiger partial charge is 0.471 e. The number of nitrogens with zero attached hydrogens (tertiary/aromatic N) is 2. The summed E-state index contributed by atoms with van der Waals surface area (Å²) in [6, 6.07) is 4.84. The van der Waals surface area contributed by atoms with E-state index in [4.69, 9.17) is 0 Å². The number of hydrogen-bond donors (Lipinski definition) is 1. The Morgan fingerprint density at radius 1 is 1.38 bits per heavy atom. The molecule has 1 aromatic carbocycles. The fourth-order valence-corrected chi connectivity index (χ4v) is 2.72. The van der Waals surface area contributed by atoms with Crippen LogP contribution in [-0.2, 0) is 4.79 Å². The second-order valence-electron chi connectivity index (χ2n) is 5.89. The number of aryl methyl sites for hydroxylation is 1. The lowest BCUT2D eigenvalue weighted by Gasteiger charge is -2.32. The zero-order valence-corrected chi connectivity index (χ0v) is 13.1. The summed E-state index contributed by atoms with van der Waals surface area (Å²) < 4.78 is 37.2. The number of carbonyl (C=O) groups excluding carboxylic acids is 1. The number of amides is 1. The zero-order valence-electron chi connectivity index (χ0n) is 13.1. The molecule has 1 heterocycles. The Labute approximate surface area is 136 Å². The first kappa shape index (κ1) is 18.0. The first-order valence-corrected chi connectivity index (χ1v) is 7.53. The van der Waals surface area contributed by atoms with Crippen LogP contribution >= 0.6 is 0 Å². The van der Waals surface area contributed by atoms with E-state index in [1.165, 1.54) is 6.07 Å². The third kappa shape index (κ3) is 4.36. The molecular weight excluding hydrogens is 327 g/mol. The number of halogens is 3. The molecule has 0 saturated carbocycles. The topological polar surface area (TPSA) is 75.5 Å². The Balaban J connectivity index is 1.90. The fraction of sp³-hybridized carbons (Fsp3) is 0.533. The molecule has 0 unspecified atom stereocenters. The molecule has 1 saturated heterocycles. The highest BCUT2D eigenvalue weighted by Crippen LogP contribution is 2.27. The lowest BCUT2D eigenvalue weighted by Crippen LogP contribution is -2.46. The number of hydrogen-bond acceptors (Lipinski definition) is 4. The van der Waals surface area contributed by atoms with Crippen LogP contribution in [-0.4, -0.2) is 41.5 Å². The van der Waals surface area contributed by atoms with Crippen molar-refractivity contribution in [2.24, 2.45) is 5.92 Å². The summed E-state index contributed by atoms with van der Waals surface area (Å²) >= 11 is 0. The highest BCUT2D eigenvalue weighted by molar-refractivity contribution is 5.81. The van der Waals surface area contributed by atoms with Gasteiger partial charge in [-0.2, -0.15) is 13.2 Å². The van der Waals surface area contributed by atoms with Crippen molar-refractivity contribution in [2.45, 2.75) is 25.9 Å². The summed E-state index contributed by atoms with van der Waals surface area (Å²) in [5.74, 6) is -1.74. The Morgan fingerprint density at radius 2 is 2.00 bits per heavy atom. The van der Waals surface area contributed by atoms with E-state index >= 15 is 0 Å². The minimum Gasteiger partial charge on any atom is -0.379 e. The van der Waals surface area contributed by atoms with Crippen molar-refractivity contribution >= 4 is 17.3 Å². The van der Waals surface area contributed by atoms with Crippen LogP contribution in [0, 0.1) is 23.0 Å². The van der Waals surface area contributed by atoms with E-state index < -0.39 is 17.0 Å². The van der Waals surface area contributed by atoms with Crippen molar-refractivity contribution in [1.82, 2.24) is 4.90 Å². The van der Waals surface area contributed by atoms with Crippen LogP contribution in [0.1, 0.15) is 18.4 Å². The lowest BCUT2D eigenvalue weighted by atomic mass is 9.96. The maximum Gasteiger partial charge on any atom is 0.471 e. The molecule has 0 atom stereocenters. The highest BCUT2D eigenvalue weighted by Gasteiger charge is 2.43. The molecule has 2 rings (SSSR count). The quantitative estimate of drug-likeness (QED) is 0.672. The minimum atomic E-state index is -4.84. The maximum absolute atomic E-state index is 12.4. The van der Waals surface area contributed by atoms with Gasteiger partial charge in [-0.15, -0.1) is 0 Å². The standard InChI is InChI=1S/C15H18F3N3O3/c1-10-2-3-12(13(8-10)21(23)24)19-9-11-4-6-20(7-5-11)14(22)15(16,17)18/h2-3,8,11,19H,4-7,9H2,1H3. The summed E-state index contributed by atoms with van der Waals surface area (Å²) in [4.78, 5) is 22.6. The molecule has 0 aliphatic carbocycles. The SMILES string of the molecule is Cc1ccc(NCC2CCN(C(=O)C(F)(F)F)CC2)c([N+](=O)[O-])c1. The molecule has 0 spiro atoms. The zero-order chi connectivity index (χ0) is 17.9. The fourth-order valence-electron chi connectivity index (χ4n) is 2.72. The van der Waals surface area contributed by atoms with Crippen LogP contribution in [0.2, 0.25) is 0 Å². The third-order valence-corrected chi connectivity index (χ3v) is 4.08. The number of alkyl halides is 3. The number of nitro benzene ring substituents is 1. The third-order valence-electron chi connectivity index (χ3n) is 4.08. The molecule has 6 nitrogen and oxygen atoms in total. The van der Waals surface area contributed by atoms with Gasteiger partial charge in [-0.25, -0.2) is 0 Å². The number of nitrogens with one attached hydrogen (secondary N) is 1.